The average Bonchev–Trinajstić information content (AvgIpc) is 3.24. The Morgan fingerprint density at radius 3 is 2.88 bits per heavy atom. The lowest BCUT2D eigenvalue weighted by Crippen LogP contribution is -2.18. The van der Waals surface area contributed by atoms with Crippen LogP contribution in [0.1, 0.15) is 16.1 Å². The van der Waals surface area contributed by atoms with Gasteiger partial charge in [0, 0.05) is 24.7 Å². The molecule has 126 valence electrons. The molecule has 1 aliphatic heterocycles. The molecule has 0 atom stereocenters. The summed E-state index contributed by atoms with van der Waals surface area (Å²) in [4.78, 5) is 17.4. The van der Waals surface area contributed by atoms with E-state index in [1.54, 1.807) is 13.2 Å². The number of benzene rings is 1. The molecule has 1 aliphatic rings. The quantitative estimate of drug-likeness (QED) is 0.659. The van der Waals surface area contributed by atoms with Gasteiger partial charge in [0.05, 0.1) is 23.0 Å². The molecule has 0 radical (unpaired) electrons. The number of amides is 1. The van der Waals surface area contributed by atoms with Crippen molar-refractivity contribution in [2.24, 2.45) is 12.0 Å². The molecule has 0 fully saturated rings. The summed E-state index contributed by atoms with van der Waals surface area (Å²) in [6.07, 6.45) is 7.14. The minimum atomic E-state index is -0.352. The van der Waals surface area contributed by atoms with Crippen LogP contribution in [0.25, 0.3) is 10.2 Å². The molecule has 0 spiro atoms. The van der Waals surface area contributed by atoms with Crippen molar-refractivity contribution in [2.45, 2.75) is 13.5 Å². The zero-order valence-electron chi connectivity index (χ0n) is 13.6. The number of aryl methyl sites for hydroxylation is 2. The third kappa shape index (κ3) is 2.49. The molecule has 1 aromatic carbocycles. The fourth-order valence-electron chi connectivity index (χ4n) is 2.78. The first-order valence-corrected chi connectivity index (χ1v) is 8.34. The Kier molecular flexibility index (Phi) is 3.58. The first kappa shape index (κ1) is 15.5. The number of hydrogen-bond acceptors (Lipinski definition) is 5. The van der Waals surface area contributed by atoms with Crippen molar-refractivity contribution in [1.82, 2.24) is 14.3 Å². The number of ether oxygens (including phenoxy) is 2. The first-order chi connectivity index (χ1) is 12.1. The number of carbonyl (C=O) groups excluding carboxylic acids is 1. The van der Waals surface area contributed by atoms with Crippen LogP contribution in [0.15, 0.2) is 23.3 Å². The second-order valence-electron chi connectivity index (χ2n) is 5.56. The lowest BCUT2D eigenvalue weighted by molar-refractivity contribution is 0.0988. The van der Waals surface area contributed by atoms with Gasteiger partial charge in [-0.1, -0.05) is 17.3 Å². The highest BCUT2D eigenvalue weighted by Gasteiger charge is 2.19. The zero-order chi connectivity index (χ0) is 17.6. The molecular formula is C17H14N4O3S. The van der Waals surface area contributed by atoms with Gasteiger partial charge in [0.15, 0.2) is 16.3 Å². The van der Waals surface area contributed by atoms with Crippen LogP contribution in [0.2, 0.25) is 0 Å². The molecule has 4 rings (SSSR count). The fourth-order valence-corrected chi connectivity index (χ4v) is 3.82. The summed E-state index contributed by atoms with van der Waals surface area (Å²) in [6, 6.07) is 3.75. The standard InChI is InChI=1S/C17H14N4O3S/c1-4-5-21-11-6-12-13(24-9-23-12)7-14(11)25-17(21)19-16(22)15-10(2)8-18-20(15)3/h1,6-8H,5,9H2,2-3H3. The van der Waals surface area contributed by atoms with Crippen LogP contribution in [0.5, 0.6) is 11.5 Å². The monoisotopic (exact) mass is 354 g/mol. The van der Waals surface area contributed by atoms with Crippen LogP contribution < -0.4 is 14.3 Å². The van der Waals surface area contributed by atoms with Crippen LogP contribution in [-0.2, 0) is 13.6 Å². The van der Waals surface area contributed by atoms with E-state index in [9.17, 15) is 4.79 Å². The van der Waals surface area contributed by atoms with Crippen LogP contribution in [-0.4, -0.2) is 27.0 Å². The maximum absolute atomic E-state index is 12.6. The number of carbonyl (C=O) groups is 1. The minimum absolute atomic E-state index is 0.206. The molecule has 7 nitrogen and oxygen atoms in total. The Balaban J connectivity index is 1.91. The van der Waals surface area contributed by atoms with Crippen molar-refractivity contribution in [3.05, 3.63) is 34.4 Å². The van der Waals surface area contributed by atoms with Gasteiger partial charge >= 0.3 is 0 Å². The van der Waals surface area contributed by atoms with Crippen molar-refractivity contribution in [1.29, 1.82) is 0 Å². The lowest BCUT2D eigenvalue weighted by Gasteiger charge is -2.01. The molecule has 8 heteroatoms. The van der Waals surface area contributed by atoms with E-state index in [0.29, 0.717) is 28.5 Å². The highest BCUT2D eigenvalue weighted by Crippen LogP contribution is 2.36. The first-order valence-electron chi connectivity index (χ1n) is 7.52. The molecule has 0 N–H and O–H groups in total. The van der Waals surface area contributed by atoms with Crippen molar-refractivity contribution >= 4 is 27.5 Å². The van der Waals surface area contributed by atoms with Crippen LogP contribution in [0.3, 0.4) is 0 Å². The predicted molar refractivity (Wildman–Crippen MR) is 92.6 cm³/mol. The van der Waals surface area contributed by atoms with E-state index in [4.69, 9.17) is 15.9 Å². The Hall–Kier alpha value is -3.05. The third-order valence-corrected chi connectivity index (χ3v) is 4.99. The number of fused-ring (bicyclic) bond motifs is 2. The van der Waals surface area contributed by atoms with E-state index >= 15 is 0 Å². The average molecular weight is 354 g/mol. The molecule has 25 heavy (non-hydrogen) atoms. The van der Waals surface area contributed by atoms with E-state index in [0.717, 1.165) is 15.8 Å². The van der Waals surface area contributed by atoms with Gasteiger partial charge in [-0.25, -0.2) is 0 Å². The maximum atomic E-state index is 12.6. The van der Waals surface area contributed by atoms with Crippen LogP contribution >= 0.6 is 11.3 Å². The summed E-state index contributed by atoms with van der Waals surface area (Å²) < 4.78 is 15.1. The Morgan fingerprint density at radius 2 is 2.20 bits per heavy atom. The number of hydrogen-bond donors (Lipinski definition) is 0. The lowest BCUT2D eigenvalue weighted by atomic mass is 10.2. The van der Waals surface area contributed by atoms with Gasteiger partial charge in [0.2, 0.25) is 6.79 Å². The molecule has 3 heterocycles. The summed E-state index contributed by atoms with van der Waals surface area (Å²) in [5.74, 6) is 3.60. The molecule has 0 saturated carbocycles. The minimum Gasteiger partial charge on any atom is -0.454 e. The van der Waals surface area contributed by atoms with Gasteiger partial charge in [-0.2, -0.15) is 10.1 Å². The summed E-state index contributed by atoms with van der Waals surface area (Å²) in [6.45, 7) is 2.34. The maximum Gasteiger partial charge on any atom is 0.298 e. The number of aromatic nitrogens is 3. The van der Waals surface area contributed by atoms with Crippen LogP contribution in [0.4, 0.5) is 0 Å². The Labute approximate surface area is 147 Å². The van der Waals surface area contributed by atoms with Crippen molar-refractivity contribution < 1.29 is 14.3 Å². The highest BCUT2D eigenvalue weighted by molar-refractivity contribution is 7.16. The largest absolute Gasteiger partial charge is 0.454 e. The van der Waals surface area contributed by atoms with Gasteiger partial charge in [0.1, 0.15) is 5.69 Å². The SMILES string of the molecule is C#CCn1c(=NC(=O)c2c(C)cnn2C)sc2cc3c(cc21)OCO3. The summed E-state index contributed by atoms with van der Waals surface area (Å²) in [7, 11) is 1.72. The van der Waals surface area contributed by atoms with Crippen molar-refractivity contribution in [3.63, 3.8) is 0 Å². The summed E-state index contributed by atoms with van der Waals surface area (Å²) in [5, 5.41) is 4.09. The van der Waals surface area contributed by atoms with Gasteiger partial charge < -0.3 is 14.0 Å². The van der Waals surface area contributed by atoms with Gasteiger partial charge in [-0.15, -0.1) is 6.42 Å². The highest BCUT2D eigenvalue weighted by atomic mass is 32.1. The second-order valence-corrected chi connectivity index (χ2v) is 6.57. The van der Waals surface area contributed by atoms with Crippen molar-refractivity contribution in [3.8, 4) is 23.8 Å². The molecule has 2 aromatic heterocycles. The Bertz CT molecular complexity index is 1090. The molecule has 0 bridgehead atoms. The van der Waals surface area contributed by atoms with E-state index in [-0.39, 0.29) is 12.7 Å². The molecule has 0 unspecified atom stereocenters. The number of nitrogens with zero attached hydrogens (tertiary/aromatic N) is 4. The molecule has 0 saturated heterocycles. The zero-order valence-corrected chi connectivity index (χ0v) is 14.5. The van der Waals surface area contributed by atoms with E-state index in [1.807, 2.05) is 23.6 Å². The van der Waals surface area contributed by atoms with Gasteiger partial charge in [-0.05, 0) is 6.92 Å². The summed E-state index contributed by atoms with van der Waals surface area (Å²) in [5.41, 5.74) is 2.10. The number of rotatable bonds is 2. The Morgan fingerprint density at radius 1 is 1.44 bits per heavy atom. The smallest absolute Gasteiger partial charge is 0.298 e. The number of terminal acetylenes is 1. The molecular weight excluding hydrogens is 340 g/mol. The second kappa shape index (κ2) is 5.79. The third-order valence-electron chi connectivity index (χ3n) is 3.95. The number of thiazole rings is 1. The molecule has 0 aliphatic carbocycles. The van der Waals surface area contributed by atoms with Gasteiger partial charge in [-0.3, -0.25) is 9.48 Å². The van der Waals surface area contributed by atoms with Crippen LogP contribution in [0, 0.1) is 19.3 Å². The summed E-state index contributed by atoms with van der Waals surface area (Å²) >= 11 is 1.38. The molecule has 3 aromatic rings. The van der Waals surface area contributed by atoms with E-state index < -0.39 is 0 Å². The van der Waals surface area contributed by atoms with E-state index in [1.165, 1.54) is 16.0 Å². The normalized spacial score (nSPS) is 13.4. The molecule has 1 amide bonds. The topological polar surface area (TPSA) is 70.6 Å². The van der Waals surface area contributed by atoms with Crippen molar-refractivity contribution in [2.75, 3.05) is 6.79 Å². The van der Waals surface area contributed by atoms with Gasteiger partial charge in [0.25, 0.3) is 5.91 Å². The fraction of sp³-hybridized carbons (Fsp3) is 0.235. The van der Waals surface area contributed by atoms with E-state index in [2.05, 4.69) is 16.0 Å². The predicted octanol–water partition coefficient (Wildman–Crippen LogP) is 1.85.